The molecule has 2 amide bonds. The van der Waals surface area contributed by atoms with Crippen LogP contribution in [0.15, 0.2) is 12.2 Å². The summed E-state index contributed by atoms with van der Waals surface area (Å²) in [4.78, 5) is 23.2. The molecule has 72 valence electrons. The van der Waals surface area contributed by atoms with Gasteiger partial charge in [0.1, 0.15) is 0 Å². The van der Waals surface area contributed by atoms with Gasteiger partial charge in [0.05, 0.1) is 5.60 Å². The van der Waals surface area contributed by atoms with Crippen LogP contribution in [0.2, 0.25) is 0 Å². The predicted octanol–water partition coefficient (Wildman–Crippen LogP) is 0.0724. The second kappa shape index (κ2) is 3.30. The molecule has 1 aliphatic rings. The van der Waals surface area contributed by atoms with E-state index < -0.39 is 5.60 Å². The Morgan fingerprint density at radius 2 is 1.77 bits per heavy atom. The smallest absolute Gasteiger partial charge is 0.253 e. The van der Waals surface area contributed by atoms with E-state index in [-0.39, 0.29) is 18.4 Å². The Balaban J connectivity index is 2.47. The molecule has 0 unspecified atom stereocenters. The van der Waals surface area contributed by atoms with E-state index in [0.717, 1.165) is 4.90 Å². The largest absolute Gasteiger partial charge is 0.390 e. The van der Waals surface area contributed by atoms with Crippen LogP contribution < -0.4 is 0 Å². The maximum absolute atomic E-state index is 11.0. The topological polar surface area (TPSA) is 57.6 Å². The van der Waals surface area contributed by atoms with Crippen LogP contribution in [-0.4, -0.2) is 34.0 Å². The number of imide groups is 1. The maximum Gasteiger partial charge on any atom is 0.253 e. The standard InChI is InChI=1S/C9H13NO3/c1-9(2,13)5-6-10-7(11)3-4-8(10)12/h3-4,13H,5-6H2,1-2H3. The van der Waals surface area contributed by atoms with Crippen LogP contribution in [0.4, 0.5) is 0 Å². The number of amides is 2. The van der Waals surface area contributed by atoms with Crippen molar-refractivity contribution in [3.05, 3.63) is 12.2 Å². The first-order chi connectivity index (χ1) is 5.90. The summed E-state index contributed by atoms with van der Waals surface area (Å²) >= 11 is 0. The van der Waals surface area contributed by atoms with E-state index in [1.807, 2.05) is 0 Å². The van der Waals surface area contributed by atoms with Gasteiger partial charge in [-0.25, -0.2) is 0 Å². The van der Waals surface area contributed by atoms with Crippen LogP contribution in [0.5, 0.6) is 0 Å². The first kappa shape index (κ1) is 9.92. The molecular weight excluding hydrogens is 170 g/mol. The van der Waals surface area contributed by atoms with Crippen molar-refractivity contribution < 1.29 is 14.7 Å². The summed E-state index contributed by atoms with van der Waals surface area (Å²) in [5.41, 5.74) is -0.844. The van der Waals surface area contributed by atoms with E-state index in [0.29, 0.717) is 6.42 Å². The van der Waals surface area contributed by atoms with E-state index in [1.165, 1.54) is 12.2 Å². The van der Waals surface area contributed by atoms with Crippen molar-refractivity contribution in [2.45, 2.75) is 25.9 Å². The summed E-state index contributed by atoms with van der Waals surface area (Å²) in [7, 11) is 0. The van der Waals surface area contributed by atoms with E-state index in [2.05, 4.69) is 0 Å². The highest BCUT2D eigenvalue weighted by Gasteiger charge is 2.25. The normalized spacial score (nSPS) is 17.3. The van der Waals surface area contributed by atoms with Crippen molar-refractivity contribution >= 4 is 11.8 Å². The summed E-state index contributed by atoms with van der Waals surface area (Å²) in [6.45, 7) is 3.56. The van der Waals surface area contributed by atoms with Gasteiger partial charge in [0.2, 0.25) is 0 Å². The molecule has 0 aromatic heterocycles. The predicted molar refractivity (Wildman–Crippen MR) is 46.8 cm³/mol. The Hall–Kier alpha value is -1.16. The van der Waals surface area contributed by atoms with Crippen molar-refractivity contribution in [2.24, 2.45) is 0 Å². The molecule has 0 saturated carbocycles. The fourth-order valence-corrected chi connectivity index (χ4v) is 1.04. The highest BCUT2D eigenvalue weighted by molar-refractivity contribution is 6.12. The molecule has 0 aromatic carbocycles. The molecule has 1 heterocycles. The van der Waals surface area contributed by atoms with Gasteiger partial charge in [0, 0.05) is 18.7 Å². The molecule has 0 atom stereocenters. The Morgan fingerprint density at radius 3 is 2.15 bits per heavy atom. The maximum atomic E-state index is 11.0. The van der Waals surface area contributed by atoms with Gasteiger partial charge in [-0.3, -0.25) is 14.5 Å². The number of carbonyl (C=O) groups is 2. The van der Waals surface area contributed by atoms with Gasteiger partial charge >= 0.3 is 0 Å². The number of hydrogen-bond donors (Lipinski definition) is 1. The third kappa shape index (κ3) is 2.66. The summed E-state index contributed by atoms with van der Waals surface area (Å²) in [6.07, 6.45) is 2.88. The van der Waals surface area contributed by atoms with Gasteiger partial charge in [0.15, 0.2) is 0 Å². The zero-order valence-corrected chi connectivity index (χ0v) is 7.78. The second-order valence-electron chi connectivity index (χ2n) is 3.72. The average molecular weight is 183 g/mol. The van der Waals surface area contributed by atoms with Crippen LogP contribution in [-0.2, 0) is 9.59 Å². The minimum absolute atomic E-state index is 0.272. The lowest BCUT2D eigenvalue weighted by molar-refractivity contribution is -0.137. The molecule has 0 radical (unpaired) electrons. The van der Waals surface area contributed by atoms with Crippen LogP contribution in [0.25, 0.3) is 0 Å². The van der Waals surface area contributed by atoms with Gasteiger partial charge in [-0.15, -0.1) is 0 Å². The number of nitrogens with zero attached hydrogens (tertiary/aromatic N) is 1. The molecule has 0 bridgehead atoms. The second-order valence-corrected chi connectivity index (χ2v) is 3.72. The summed E-state index contributed by atoms with van der Waals surface area (Å²) < 4.78 is 0. The highest BCUT2D eigenvalue weighted by Crippen LogP contribution is 2.11. The molecule has 1 rings (SSSR count). The zero-order valence-electron chi connectivity index (χ0n) is 7.78. The van der Waals surface area contributed by atoms with E-state index in [4.69, 9.17) is 0 Å². The summed E-state index contributed by atoms with van der Waals surface area (Å²) in [5.74, 6) is -0.594. The Morgan fingerprint density at radius 1 is 1.31 bits per heavy atom. The highest BCUT2D eigenvalue weighted by atomic mass is 16.3. The number of carbonyl (C=O) groups excluding carboxylic acids is 2. The quantitative estimate of drug-likeness (QED) is 0.630. The lowest BCUT2D eigenvalue weighted by Crippen LogP contribution is -2.35. The van der Waals surface area contributed by atoms with Crippen molar-refractivity contribution in [2.75, 3.05) is 6.54 Å². The van der Waals surface area contributed by atoms with Crippen molar-refractivity contribution in [1.29, 1.82) is 0 Å². The third-order valence-electron chi connectivity index (χ3n) is 1.85. The molecule has 1 aliphatic heterocycles. The van der Waals surface area contributed by atoms with Crippen LogP contribution in [0.3, 0.4) is 0 Å². The monoisotopic (exact) mass is 183 g/mol. The van der Waals surface area contributed by atoms with Crippen molar-refractivity contribution in [3.8, 4) is 0 Å². The molecule has 4 nitrogen and oxygen atoms in total. The lowest BCUT2D eigenvalue weighted by atomic mass is 10.1. The SMILES string of the molecule is CC(C)(O)CCN1C(=O)C=CC1=O. The van der Waals surface area contributed by atoms with Crippen molar-refractivity contribution in [3.63, 3.8) is 0 Å². The fourth-order valence-electron chi connectivity index (χ4n) is 1.04. The molecule has 13 heavy (non-hydrogen) atoms. The number of rotatable bonds is 3. The molecule has 0 aliphatic carbocycles. The minimum Gasteiger partial charge on any atom is -0.390 e. The molecule has 4 heteroatoms. The number of aliphatic hydroxyl groups is 1. The number of hydrogen-bond acceptors (Lipinski definition) is 3. The van der Waals surface area contributed by atoms with Crippen LogP contribution >= 0.6 is 0 Å². The molecule has 0 spiro atoms. The zero-order chi connectivity index (χ0) is 10.1. The van der Waals surface area contributed by atoms with Crippen molar-refractivity contribution in [1.82, 2.24) is 4.90 Å². The lowest BCUT2D eigenvalue weighted by Gasteiger charge is -2.20. The first-order valence-corrected chi connectivity index (χ1v) is 4.16. The van der Waals surface area contributed by atoms with Gasteiger partial charge < -0.3 is 5.11 Å². The van der Waals surface area contributed by atoms with E-state index >= 15 is 0 Å². The van der Waals surface area contributed by atoms with E-state index in [1.54, 1.807) is 13.8 Å². The van der Waals surface area contributed by atoms with Gasteiger partial charge in [-0.2, -0.15) is 0 Å². The fraction of sp³-hybridized carbons (Fsp3) is 0.556. The summed E-state index contributed by atoms with van der Waals surface area (Å²) in [6, 6.07) is 0. The molecular formula is C9H13NO3. The van der Waals surface area contributed by atoms with Gasteiger partial charge in [-0.05, 0) is 20.3 Å². The minimum atomic E-state index is -0.844. The van der Waals surface area contributed by atoms with E-state index in [9.17, 15) is 14.7 Å². The first-order valence-electron chi connectivity index (χ1n) is 4.16. The molecule has 1 N–H and O–H groups in total. The average Bonchev–Trinajstić information content (AvgIpc) is 2.27. The molecule has 0 fully saturated rings. The molecule has 0 aromatic rings. The Bertz CT molecular complexity index is 245. The van der Waals surface area contributed by atoms with Gasteiger partial charge in [-0.1, -0.05) is 0 Å². The molecule has 0 saturated heterocycles. The van der Waals surface area contributed by atoms with Crippen LogP contribution in [0.1, 0.15) is 20.3 Å². The van der Waals surface area contributed by atoms with Gasteiger partial charge in [0.25, 0.3) is 11.8 Å². The summed E-state index contributed by atoms with van der Waals surface area (Å²) in [5, 5.41) is 9.38. The Labute approximate surface area is 76.8 Å². The van der Waals surface area contributed by atoms with Crippen LogP contribution in [0, 0.1) is 0 Å². The Kier molecular flexibility index (Phi) is 2.52. The third-order valence-corrected chi connectivity index (χ3v) is 1.85.